The maximum Gasteiger partial charge on any atom is 0.431 e. The Hall–Kier alpha value is -4.78. The Labute approximate surface area is 234 Å². The van der Waals surface area contributed by atoms with Crippen molar-refractivity contribution in [2.45, 2.75) is 19.7 Å². The third-order valence-corrected chi connectivity index (χ3v) is 7.08. The van der Waals surface area contributed by atoms with Crippen molar-refractivity contribution in [3.63, 3.8) is 0 Å². The molecule has 0 unspecified atom stereocenters. The number of ether oxygens (including phenoxy) is 2. The standard InChI is InChI=1S/C28H21F3N4O5S/c1-16-6-8-19(39-15-25(37)40-14-17-5-3-4-10-32-17)12-20(16)26-21-11-18(7-9-22(21)41-33-26)35-24(36)13-23(28(29,30)31)34(2)27(35)38/h3-13H,14-15H2,1-2H3. The molecule has 0 saturated heterocycles. The molecule has 9 nitrogen and oxygen atoms in total. The van der Waals surface area contributed by atoms with Crippen molar-refractivity contribution >= 4 is 27.6 Å². The lowest BCUT2D eigenvalue weighted by Crippen LogP contribution is -2.40. The second-order valence-corrected chi connectivity index (χ2v) is 9.81. The van der Waals surface area contributed by atoms with Crippen LogP contribution in [0.5, 0.6) is 5.75 Å². The lowest BCUT2D eigenvalue weighted by molar-refractivity contribution is -0.147. The van der Waals surface area contributed by atoms with E-state index in [1.54, 1.807) is 48.7 Å². The van der Waals surface area contributed by atoms with Gasteiger partial charge in [-0.2, -0.15) is 17.5 Å². The molecule has 3 heterocycles. The van der Waals surface area contributed by atoms with E-state index in [4.69, 9.17) is 9.47 Å². The van der Waals surface area contributed by atoms with Gasteiger partial charge in [-0.1, -0.05) is 12.1 Å². The van der Waals surface area contributed by atoms with Gasteiger partial charge in [0.1, 0.15) is 18.1 Å². The van der Waals surface area contributed by atoms with Crippen LogP contribution in [0, 0.1) is 6.92 Å². The van der Waals surface area contributed by atoms with Gasteiger partial charge in [-0.05, 0) is 66.5 Å². The third kappa shape index (κ3) is 5.75. The molecule has 0 aliphatic rings. The van der Waals surface area contributed by atoms with Crippen LogP contribution in [-0.4, -0.2) is 31.1 Å². The average Bonchev–Trinajstić information content (AvgIpc) is 3.36. The fraction of sp³-hybridized carbons (Fsp3) is 0.179. The Morgan fingerprint density at radius 3 is 2.59 bits per heavy atom. The topological polar surface area (TPSA) is 105 Å². The fourth-order valence-corrected chi connectivity index (χ4v) is 4.93. The number of carbonyl (C=O) groups is 1. The first-order chi connectivity index (χ1) is 19.5. The maximum atomic E-state index is 13.3. The van der Waals surface area contributed by atoms with Crippen LogP contribution in [0.4, 0.5) is 13.2 Å². The molecular weight excluding hydrogens is 561 g/mol. The summed E-state index contributed by atoms with van der Waals surface area (Å²) in [6.45, 7) is 1.53. The highest BCUT2D eigenvalue weighted by atomic mass is 32.1. The first-order valence-electron chi connectivity index (χ1n) is 12.1. The normalized spacial score (nSPS) is 11.5. The molecule has 0 aliphatic carbocycles. The van der Waals surface area contributed by atoms with E-state index in [1.807, 2.05) is 6.92 Å². The largest absolute Gasteiger partial charge is 0.482 e. The zero-order chi connectivity index (χ0) is 29.3. The Morgan fingerprint density at radius 1 is 1.05 bits per heavy atom. The average molecular weight is 583 g/mol. The summed E-state index contributed by atoms with van der Waals surface area (Å²) in [6, 6.07) is 15.5. The van der Waals surface area contributed by atoms with Gasteiger partial charge in [-0.3, -0.25) is 14.3 Å². The summed E-state index contributed by atoms with van der Waals surface area (Å²) in [5.41, 5.74) is -0.860. The van der Waals surface area contributed by atoms with Gasteiger partial charge < -0.3 is 9.47 Å². The number of rotatable bonds is 7. The van der Waals surface area contributed by atoms with Crippen LogP contribution >= 0.6 is 11.5 Å². The van der Waals surface area contributed by atoms with Crippen LogP contribution in [0.3, 0.4) is 0 Å². The van der Waals surface area contributed by atoms with Crippen molar-refractivity contribution in [2.75, 3.05) is 6.61 Å². The van der Waals surface area contributed by atoms with Crippen molar-refractivity contribution in [1.29, 1.82) is 0 Å². The summed E-state index contributed by atoms with van der Waals surface area (Å²) in [6.07, 6.45) is -3.26. The molecule has 41 heavy (non-hydrogen) atoms. The molecule has 0 radical (unpaired) electrons. The predicted molar refractivity (Wildman–Crippen MR) is 145 cm³/mol. The van der Waals surface area contributed by atoms with Crippen molar-refractivity contribution in [3.05, 3.63) is 105 Å². The Morgan fingerprint density at radius 2 is 1.85 bits per heavy atom. The van der Waals surface area contributed by atoms with Gasteiger partial charge in [0.2, 0.25) is 0 Å². The molecule has 0 aliphatic heterocycles. The Kier molecular flexibility index (Phi) is 7.45. The van der Waals surface area contributed by atoms with Gasteiger partial charge in [0.15, 0.2) is 6.61 Å². The Balaban J connectivity index is 1.43. The minimum atomic E-state index is -4.86. The molecule has 13 heteroatoms. The number of hydrogen-bond acceptors (Lipinski definition) is 8. The number of benzene rings is 2. The molecule has 210 valence electrons. The molecule has 0 atom stereocenters. The molecule has 2 aromatic carbocycles. The number of nitrogens with zero attached hydrogens (tertiary/aromatic N) is 4. The van der Waals surface area contributed by atoms with Crippen LogP contribution in [0.25, 0.3) is 27.0 Å². The number of pyridine rings is 1. The van der Waals surface area contributed by atoms with Crippen molar-refractivity contribution in [1.82, 2.24) is 18.5 Å². The molecule has 0 amide bonds. The number of fused-ring (bicyclic) bond motifs is 1. The summed E-state index contributed by atoms with van der Waals surface area (Å²) in [7, 11) is 0.959. The lowest BCUT2D eigenvalue weighted by atomic mass is 10.0. The van der Waals surface area contributed by atoms with Crippen molar-refractivity contribution in [2.24, 2.45) is 7.05 Å². The summed E-state index contributed by atoms with van der Waals surface area (Å²) in [5, 5.41) is 0.580. The van der Waals surface area contributed by atoms with Gasteiger partial charge in [0.25, 0.3) is 5.56 Å². The summed E-state index contributed by atoms with van der Waals surface area (Å²) >= 11 is 1.18. The molecule has 5 rings (SSSR count). The van der Waals surface area contributed by atoms with Crippen LogP contribution in [0.2, 0.25) is 0 Å². The van der Waals surface area contributed by atoms with Crippen LogP contribution in [0.1, 0.15) is 17.0 Å². The molecular formula is C28H21F3N4O5S. The highest BCUT2D eigenvalue weighted by molar-refractivity contribution is 7.13. The second-order valence-electron chi connectivity index (χ2n) is 9.00. The molecule has 0 bridgehead atoms. The second kappa shape index (κ2) is 11.0. The van der Waals surface area contributed by atoms with E-state index in [0.29, 0.717) is 43.3 Å². The van der Waals surface area contributed by atoms with Crippen LogP contribution < -0.4 is 16.0 Å². The van der Waals surface area contributed by atoms with Gasteiger partial charge in [-0.15, -0.1) is 0 Å². The predicted octanol–water partition coefficient (Wildman–Crippen LogP) is 4.66. The zero-order valence-corrected chi connectivity index (χ0v) is 22.5. The number of aromatic nitrogens is 4. The van der Waals surface area contributed by atoms with E-state index >= 15 is 0 Å². The Bertz CT molecular complexity index is 1880. The van der Waals surface area contributed by atoms with E-state index in [1.165, 1.54) is 23.7 Å². The number of aryl methyl sites for hydroxylation is 1. The maximum absolute atomic E-state index is 13.3. The number of halogens is 3. The summed E-state index contributed by atoms with van der Waals surface area (Å²) in [5.74, 6) is -0.199. The van der Waals surface area contributed by atoms with Crippen LogP contribution in [0.15, 0.2) is 76.4 Å². The highest BCUT2D eigenvalue weighted by Gasteiger charge is 2.35. The molecule has 5 aromatic rings. The number of hydrogen-bond donors (Lipinski definition) is 0. The van der Waals surface area contributed by atoms with E-state index in [9.17, 15) is 27.6 Å². The van der Waals surface area contributed by atoms with Gasteiger partial charge in [0.05, 0.1) is 21.8 Å². The van der Waals surface area contributed by atoms with Crippen LogP contribution in [-0.2, 0) is 29.4 Å². The third-order valence-electron chi connectivity index (χ3n) is 6.25. The monoisotopic (exact) mass is 582 g/mol. The van der Waals surface area contributed by atoms with Crippen molar-refractivity contribution < 1.29 is 27.4 Å². The van der Waals surface area contributed by atoms with Gasteiger partial charge in [0, 0.05) is 30.3 Å². The quantitative estimate of drug-likeness (QED) is 0.257. The fourth-order valence-electron chi connectivity index (χ4n) is 4.16. The molecule has 0 fully saturated rings. The molecule has 0 spiro atoms. The zero-order valence-electron chi connectivity index (χ0n) is 21.6. The van der Waals surface area contributed by atoms with E-state index in [0.717, 1.165) is 17.3 Å². The minimum Gasteiger partial charge on any atom is -0.482 e. The first kappa shape index (κ1) is 27.8. The molecule has 3 aromatic heterocycles. The summed E-state index contributed by atoms with van der Waals surface area (Å²) in [4.78, 5) is 41.7. The minimum absolute atomic E-state index is 0.0143. The number of esters is 1. The van der Waals surface area contributed by atoms with Gasteiger partial charge in [-0.25, -0.2) is 14.2 Å². The smallest absolute Gasteiger partial charge is 0.431 e. The summed E-state index contributed by atoms with van der Waals surface area (Å²) < 4.78 is 57.0. The number of carbonyl (C=O) groups excluding carboxylic acids is 1. The van der Waals surface area contributed by atoms with Crippen molar-refractivity contribution in [3.8, 4) is 22.7 Å². The molecule has 0 saturated carbocycles. The SMILES string of the molecule is Cc1ccc(OCC(=O)OCc2ccccn2)cc1-c1nsc2ccc(-n3c(=O)cc(C(F)(F)F)n(C)c3=O)cc12. The lowest BCUT2D eigenvalue weighted by Gasteiger charge is -2.14. The van der Waals surface area contributed by atoms with E-state index in [-0.39, 0.29) is 18.9 Å². The van der Waals surface area contributed by atoms with E-state index < -0.39 is 29.1 Å². The van der Waals surface area contributed by atoms with E-state index in [2.05, 4.69) is 9.36 Å². The number of alkyl halides is 3. The van der Waals surface area contributed by atoms with Gasteiger partial charge >= 0.3 is 17.8 Å². The first-order valence-corrected chi connectivity index (χ1v) is 12.9. The highest BCUT2D eigenvalue weighted by Crippen LogP contribution is 2.35. The molecule has 0 N–H and O–H groups in total.